The molecule has 6 rings (SSSR count). The molecule has 2 aromatic heterocycles. The molecule has 36 heavy (non-hydrogen) atoms. The number of ether oxygens (including phenoxy) is 2. The molecule has 1 fully saturated rings. The predicted octanol–water partition coefficient (Wildman–Crippen LogP) is 4.78. The Bertz CT molecular complexity index is 1430. The molecular formula is C29H28N4O3. The summed E-state index contributed by atoms with van der Waals surface area (Å²) in [5.41, 5.74) is 6.92. The molecule has 0 unspecified atom stereocenters. The Morgan fingerprint density at radius 3 is 2.72 bits per heavy atom. The summed E-state index contributed by atoms with van der Waals surface area (Å²) in [6.07, 6.45) is 5.38. The van der Waals surface area contributed by atoms with E-state index in [2.05, 4.69) is 38.4 Å². The molecule has 0 bridgehead atoms. The molecule has 0 saturated carbocycles. The van der Waals surface area contributed by atoms with Crippen LogP contribution in [0.2, 0.25) is 0 Å². The van der Waals surface area contributed by atoms with E-state index >= 15 is 0 Å². The van der Waals surface area contributed by atoms with Crippen molar-refractivity contribution >= 4 is 11.4 Å². The standard InChI is InChI=1S/C29H28N4O3/c34-28-17-24(33-11-13-35-14-12-33)16-26(32-28)25-5-1-4-21-6-7-22-15-23(8-9-27(22)36-29(21)25)31-19-20-3-2-10-30-18-20/h1-5,8-10,15-18,31H,6-7,11-14,19H2,(H,32,34). The summed E-state index contributed by atoms with van der Waals surface area (Å²) in [6, 6.07) is 20.1. The van der Waals surface area contributed by atoms with Crippen molar-refractivity contribution in [3.8, 4) is 22.8 Å². The number of para-hydroxylation sites is 1. The maximum Gasteiger partial charge on any atom is 0.250 e. The number of nitrogens with one attached hydrogen (secondary N) is 2. The molecule has 2 aromatic carbocycles. The summed E-state index contributed by atoms with van der Waals surface area (Å²) in [6.45, 7) is 3.60. The summed E-state index contributed by atoms with van der Waals surface area (Å²) in [4.78, 5) is 22.0. The number of aryl methyl sites for hydroxylation is 2. The molecule has 0 atom stereocenters. The van der Waals surface area contributed by atoms with Crippen LogP contribution in [0.25, 0.3) is 11.3 Å². The van der Waals surface area contributed by atoms with Crippen LogP contribution in [-0.2, 0) is 24.1 Å². The Kier molecular flexibility index (Phi) is 6.13. The minimum Gasteiger partial charge on any atom is -0.456 e. The zero-order valence-electron chi connectivity index (χ0n) is 20.0. The van der Waals surface area contributed by atoms with E-state index < -0.39 is 0 Å². The molecule has 0 aliphatic carbocycles. The number of anilines is 2. The van der Waals surface area contributed by atoms with Crippen LogP contribution in [0, 0.1) is 0 Å². The maximum atomic E-state index is 12.6. The van der Waals surface area contributed by atoms with Gasteiger partial charge in [0.05, 0.1) is 18.9 Å². The molecule has 2 N–H and O–H groups in total. The minimum absolute atomic E-state index is 0.120. The van der Waals surface area contributed by atoms with Crippen LogP contribution < -0.4 is 20.5 Å². The molecule has 182 valence electrons. The Morgan fingerprint density at radius 1 is 0.972 bits per heavy atom. The van der Waals surface area contributed by atoms with Gasteiger partial charge in [-0.05, 0) is 65.9 Å². The van der Waals surface area contributed by atoms with E-state index in [0.717, 1.165) is 76.8 Å². The van der Waals surface area contributed by atoms with Gasteiger partial charge in [0.1, 0.15) is 11.5 Å². The Hall–Kier alpha value is -4.10. The van der Waals surface area contributed by atoms with E-state index in [1.54, 1.807) is 12.3 Å². The molecular weight excluding hydrogens is 452 g/mol. The summed E-state index contributed by atoms with van der Waals surface area (Å²) in [7, 11) is 0. The number of hydrogen-bond acceptors (Lipinski definition) is 6. The van der Waals surface area contributed by atoms with Crippen LogP contribution >= 0.6 is 0 Å². The van der Waals surface area contributed by atoms with Crippen molar-refractivity contribution in [2.24, 2.45) is 0 Å². The van der Waals surface area contributed by atoms with Gasteiger partial charge in [-0.3, -0.25) is 9.78 Å². The van der Waals surface area contributed by atoms with Gasteiger partial charge in [0.25, 0.3) is 0 Å². The fourth-order valence-corrected chi connectivity index (χ4v) is 4.86. The van der Waals surface area contributed by atoms with E-state index in [-0.39, 0.29) is 5.56 Å². The number of rotatable bonds is 5. The second-order valence-electron chi connectivity index (χ2n) is 9.15. The highest BCUT2D eigenvalue weighted by atomic mass is 16.5. The summed E-state index contributed by atoms with van der Waals surface area (Å²) >= 11 is 0. The molecule has 7 heteroatoms. The predicted molar refractivity (Wildman–Crippen MR) is 141 cm³/mol. The van der Waals surface area contributed by atoms with E-state index in [1.807, 2.05) is 42.6 Å². The quantitative estimate of drug-likeness (QED) is 0.428. The van der Waals surface area contributed by atoms with Crippen molar-refractivity contribution in [1.29, 1.82) is 0 Å². The molecule has 7 nitrogen and oxygen atoms in total. The van der Waals surface area contributed by atoms with Crippen LogP contribution in [0.1, 0.15) is 16.7 Å². The van der Waals surface area contributed by atoms with Crippen molar-refractivity contribution in [3.63, 3.8) is 0 Å². The first kappa shape index (κ1) is 22.4. The van der Waals surface area contributed by atoms with Crippen LogP contribution in [0.5, 0.6) is 11.5 Å². The number of morpholine rings is 1. The lowest BCUT2D eigenvalue weighted by Crippen LogP contribution is -2.36. The van der Waals surface area contributed by atoms with Crippen LogP contribution in [0.15, 0.2) is 77.9 Å². The lowest BCUT2D eigenvalue weighted by molar-refractivity contribution is 0.122. The minimum atomic E-state index is -0.120. The van der Waals surface area contributed by atoms with Gasteiger partial charge in [-0.15, -0.1) is 0 Å². The lowest BCUT2D eigenvalue weighted by Gasteiger charge is -2.29. The van der Waals surface area contributed by atoms with Crippen molar-refractivity contribution in [2.45, 2.75) is 19.4 Å². The zero-order valence-corrected chi connectivity index (χ0v) is 20.0. The number of nitrogens with zero attached hydrogens (tertiary/aromatic N) is 2. The van der Waals surface area contributed by atoms with Crippen molar-refractivity contribution in [2.75, 3.05) is 36.5 Å². The Balaban J connectivity index is 1.29. The average molecular weight is 481 g/mol. The SMILES string of the molecule is O=c1cc(N2CCOCC2)cc(-c2cccc3c2Oc2ccc(NCc4cccnc4)cc2CC3)[nH]1. The molecule has 2 aliphatic rings. The average Bonchev–Trinajstić information content (AvgIpc) is 3.11. The lowest BCUT2D eigenvalue weighted by atomic mass is 10.0. The third kappa shape index (κ3) is 4.70. The number of fused-ring (bicyclic) bond motifs is 2. The summed E-state index contributed by atoms with van der Waals surface area (Å²) in [5, 5.41) is 3.48. The van der Waals surface area contributed by atoms with E-state index in [0.29, 0.717) is 19.8 Å². The highest BCUT2D eigenvalue weighted by molar-refractivity contribution is 5.73. The molecule has 4 aromatic rings. The fourth-order valence-electron chi connectivity index (χ4n) is 4.86. The van der Waals surface area contributed by atoms with Gasteiger partial charge in [-0.25, -0.2) is 0 Å². The van der Waals surface area contributed by atoms with Crippen molar-refractivity contribution in [1.82, 2.24) is 9.97 Å². The van der Waals surface area contributed by atoms with Gasteiger partial charge < -0.3 is 24.7 Å². The Morgan fingerprint density at radius 2 is 1.86 bits per heavy atom. The van der Waals surface area contributed by atoms with Gasteiger partial charge in [0, 0.05) is 55.0 Å². The van der Waals surface area contributed by atoms with Crippen LogP contribution in [-0.4, -0.2) is 36.3 Å². The monoisotopic (exact) mass is 480 g/mol. The zero-order chi connectivity index (χ0) is 24.3. The largest absolute Gasteiger partial charge is 0.456 e. The number of pyridine rings is 2. The first-order chi connectivity index (χ1) is 17.7. The van der Waals surface area contributed by atoms with E-state index in [1.165, 1.54) is 0 Å². The second-order valence-corrected chi connectivity index (χ2v) is 9.15. The Labute approximate surface area is 209 Å². The smallest absolute Gasteiger partial charge is 0.250 e. The summed E-state index contributed by atoms with van der Waals surface area (Å²) < 4.78 is 12.0. The third-order valence-electron chi connectivity index (χ3n) is 6.75. The van der Waals surface area contributed by atoms with E-state index in [4.69, 9.17) is 9.47 Å². The number of H-pyrrole nitrogens is 1. The molecule has 0 spiro atoms. The summed E-state index contributed by atoms with van der Waals surface area (Å²) in [5.74, 6) is 1.65. The number of hydrogen-bond donors (Lipinski definition) is 2. The molecule has 2 aliphatic heterocycles. The first-order valence-corrected chi connectivity index (χ1v) is 12.4. The molecule has 4 heterocycles. The highest BCUT2D eigenvalue weighted by Gasteiger charge is 2.21. The third-order valence-corrected chi connectivity index (χ3v) is 6.75. The van der Waals surface area contributed by atoms with Crippen molar-refractivity contribution < 1.29 is 9.47 Å². The molecule has 0 radical (unpaired) electrons. The fraction of sp³-hybridized carbons (Fsp3) is 0.241. The molecule has 0 amide bonds. The van der Waals surface area contributed by atoms with Gasteiger partial charge in [0.15, 0.2) is 0 Å². The van der Waals surface area contributed by atoms with Gasteiger partial charge in [0.2, 0.25) is 5.56 Å². The van der Waals surface area contributed by atoms with E-state index in [9.17, 15) is 4.79 Å². The normalized spacial score (nSPS) is 14.8. The van der Waals surface area contributed by atoms with Gasteiger partial charge in [-0.1, -0.05) is 18.2 Å². The highest BCUT2D eigenvalue weighted by Crippen LogP contribution is 2.41. The first-order valence-electron chi connectivity index (χ1n) is 12.4. The number of benzene rings is 2. The van der Waals surface area contributed by atoms with Gasteiger partial charge in [-0.2, -0.15) is 0 Å². The second kappa shape index (κ2) is 9.87. The van der Waals surface area contributed by atoms with Crippen molar-refractivity contribution in [3.05, 3.63) is 100 Å². The topological polar surface area (TPSA) is 79.5 Å². The van der Waals surface area contributed by atoms with Gasteiger partial charge >= 0.3 is 0 Å². The number of aromatic amines is 1. The maximum absolute atomic E-state index is 12.6. The molecule has 1 saturated heterocycles. The van der Waals surface area contributed by atoms with Crippen LogP contribution in [0.4, 0.5) is 11.4 Å². The number of aromatic nitrogens is 2. The van der Waals surface area contributed by atoms with Crippen LogP contribution in [0.3, 0.4) is 0 Å².